The lowest BCUT2D eigenvalue weighted by atomic mass is 9.42. The van der Waals surface area contributed by atoms with E-state index in [1.165, 1.54) is 11.1 Å². The molecule has 0 aromatic carbocycles. The number of carbonyl (C=O) groups excluding carboxylic acids is 1. The van der Waals surface area contributed by atoms with Crippen molar-refractivity contribution >= 4 is 5.78 Å². The van der Waals surface area contributed by atoms with E-state index in [0.29, 0.717) is 25.7 Å². The minimum absolute atomic E-state index is 0.159. The Hall–Kier alpha value is -1.31. The summed E-state index contributed by atoms with van der Waals surface area (Å²) in [5, 5.41) is 118. The number of ether oxygens (including phenoxy) is 7. The molecule has 6 fully saturated rings. The van der Waals surface area contributed by atoms with Crippen molar-refractivity contribution in [3.05, 3.63) is 11.1 Å². The van der Waals surface area contributed by atoms with E-state index < -0.39 is 142 Å². The molecule has 19 nitrogen and oxygen atoms in total. The monoisotopic (exact) mass is 930 g/mol. The van der Waals surface area contributed by atoms with E-state index in [0.717, 1.165) is 38.5 Å². The van der Waals surface area contributed by atoms with Crippen LogP contribution in [0.1, 0.15) is 98.8 Å². The third-order valence-electron chi connectivity index (χ3n) is 18.4. The Morgan fingerprint density at radius 1 is 0.723 bits per heavy atom. The lowest BCUT2D eigenvalue weighted by Gasteiger charge is -2.64. The van der Waals surface area contributed by atoms with Gasteiger partial charge in [-0.05, 0) is 80.5 Å². The summed E-state index contributed by atoms with van der Waals surface area (Å²) in [6, 6.07) is 0. The largest absolute Gasteiger partial charge is 0.396 e. The number of hydrogen-bond donors (Lipinski definition) is 11. The van der Waals surface area contributed by atoms with Crippen molar-refractivity contribution in [1.82, 2.24) is 0 Å². The molecule has 4 aliphatic carbocycles. The SMILES string of the molecule is CCC(=O)[C@@H]1C[C@@H](C)[C@]2(CC[C@@]3(C)C4=C(CC[C@@]32C)[C@@]2(C)CC[C@H](O[C@@H]3O[C@H](CO[C@@H]5OC[C@H](O)[C@H](O)[C@H]5O[C@@H]5O[C@H](CO)[C@@H](O)[C@H](O)[C@H]5O)[C@@H](O)[C@H](O)[C@H]3O)C(CO)(CO)[C@@H]2CC4)O1. The smallest absolute Gasteiger partial charge is 0.187 e. The first-order valence-electron chi connectivity index (χ1n) is 23.8. The summed E-state index contributed by atoms with van der Waals surface area (Å²) in [5.74, 6) is 0.154. The molecule has 1 spiro atoms. The molecule has 372 valence electrons. The first-order chi connectivity index (χ1) is 30.7. The highest BCUT2D eigenvalue weighted by Gasteiger charge is 2.72. The molecule has 11 N–H and O–H groups in total. The number of fused-ring (bicyclic) bond motifs is 5. The second kappa shape index (κ2) is 18.5. The van der Waals surface area contributed by atoms with Crippen LogP contribution in [0.3, 0.4) is 0 Å². The zero-order valence-corrected chi connectivity index (χ0v) is 38.2. The van der Waals surface area contributed by atoms with E-state index in [4.69, 9.17) is 33.2 Å². The van der Waals surface area contributed by atoms with E-state index in [-0.39, 0.29) is 34.6 Å². The van der Waals surface area contributed by atoms with Crippen LogP contribution < -0.4 is 0 Å². The molecule has 2 saturated carbocycles. The molecule has 65 heavy (non-hydrogen) atoms. The highest BCUT2D eigenvalue weighted by Crippen LogP contribution is 2.75. The van der Waals surface area contributed by atoms with Gasteiger partial charge in [0.1, 0.15) is 73.2 Å². The van der Waals surface area contributed by atoms with Gasteiger partial charge in [-0.1, -0.05) is 45.8 Å². The maximum Gasteiger partial charge on any atom is 0.187 e. The van der Waals surface area contributed by atoms with Gasteiger partial charge in [0.15, 0.2) is 24.7 Å². The van der Waals surface area contributed by atoms with Crippen molar-refractivity contribution in [2.45, 2.75) is 203 Å². The van der Waals surface area contributed by atoms with Gasteiger partial charge in [-0.15, -0.1) is 0 Å². The minimum Gasteiger partial charge on any atom is -0.396 e. The molecule has 4 saturated heterocycles. The predicted octanol–water partition coefficient (Wildman–Crippen LogP) is -1.32. The van der Waals surface area contributed by atoms with Gasteiger partial charge in [0.25, 0.3) is 0 Å². The van der Waals surface area contributed by atoms with Crippen LogP contribution in [0.15, 0.2) is 11.1 Å². The van der Waals surface area contributed by atoms with E-state index in [9.17, 15) is 61.0 Å². The van der Waals surface area contributed by atoms with Gasteiger partial charge in [0.05, 0.1) is 44.7 Å². The number of aliphatic hydroxyl groups excluding tert-OH is 11. The predicted molar refractivity (Wildman–Crippen MR) is 223 cm³/mol. The van der Waals surface area contributed by atoms with Crippen LogP contribution >= 0.6 is 0 Å². The van der Waals surface area contributed by atoms with Crippen LogP contribution in [0.25, 0.3) is 0 Å². The fraction of sp³-hybridized carbons (Fsp3) is 0.935. The van der Waals surface area contributed by atoms with Crippen LogP contribution in [-0.4, -0.2) is 199 Å². The Morgan fingerprint density at radius 2 is 1.37 bits per heavy atom. The molecule has 19 heteroatoms. The standard InChI is InChI=1S/C46H74O19/c1-6-24(50)26-15-21(2)46(65-26)14-13-43(4)23-7-8-29-42(3,22(23)9-12-44(43,46)5)11-10-30(45(29,19-48)20-49)63-39-36(57)35(56)33(54)28(62-39)18-60-41-38(31(52)25(51)17-59-41)64-40-37(58)34(55)32(53)27(16-47)61-40/h21,25-41,47-49,51-58H,6-20H2,1-5H3/t21-,25+,26+,27-,28-,29-,30+,31+,32-,33-,34+,35+,36-,37-,38-,39+,40+,41+,42-,43+,44+,46+/m1/s1. The topological polar surface area (TPSA) is 304 Å². The number of aliphatic hydroxyl groups is 11. The van der Waals surface area contributed by atoms with Gasteiger partial charge in [0.2, 0.25) is 0 Å². The average molecular weight is 931 g/mol. The maximum atomic E-state index is 12.9. The zero-order valence-electron chi connectivity index (χ0n) is 38.2. The molecule has 4 heterocycles. The van der Waals surface area contributed by atoms with E-state index in [2.05, 4.69) is 27.7 Å². The Balaban J connectivity index is 0.981. The number of allylic oxidation sites excluding steroid dienone is 2. The van der Waals surface area contributed by atoms with Crippen LogP contribution in [0, 0.1) is 33.5 Å². The van der Waals surface area contributed by atoms with Crippen molar-refractivity contribution in [3.63, 3.8) is 0 Å². The molecule has 22 atom stereocenters. The summed E-state index contributed by atoms with van der Waals surface area (Å²) in [6.07, 6.45) is -17.0. The Labute approximate surface area is 379 Å². The quantitative estimate of drug-likeness (QED) is 0.101. The van der Waals surface area contributed by atoms with Crippen LogP contribution in [0.4, 0.5) is 0 Å². The molecular weight excluding hydrogens is 856 g/mol. The zero-order chi connectivity index (χ0) is 47.2. The summed E-state index contributed by atoms with van der Waals surface area (Å²) in [7, 11) is 0. The van der Waals surface area contributed by atoms with Gasteiger partial charge in [-0.3, -0.25) is 4.79 Å². The summed E-state index contributed by atoms with van der Waals surface area (Å²) in [5.41, 5.74) is 0.412. The molecule has 0 aromatic heterocycles. The number of Topliss-reactive ketones (excluding diaryl/α,β-unsaturated/α-hetero) is 1. The van der Waals surface area contributed by atoms with Crippen LogP contribution in [0.5, 0.6) is 0 Å². The average Bonchev–Trinajstić information content (AvgIpc) is 3.77. The number of rotatable bonds is 12. The molecule has 0 amide bonds. The highest BCUT2D eigenvalue weighted by molar-refractivity contribution is 5.83. The number of carbonyl (C=O) groups is 1. The van der Waals surface area contributed by atoms with Crippen LogP contribution in [0.2, 0.25) is 0 Å². The summed E-state index contributed by atoms with van der Waals surface area (Å²) in [6.45, 7) is 8.52. The van der Waals surface area contributed by atoms with Gasteiger partial charge in [-0.25, -0.2) is 0 Å². The molecule has 8 rings (SSSR count). The normalized spacial score (nSPS) is 52.0. The van der Waals surface area contributed by atoms with Gasteiger partial charge >= 0.3 is 0 Å². The molecule has 0 aromatic rings. The maximum absolute atomic E-state index is 12.9. The second-order valence-electron chi connectivity index (χ2n) is 21.2. The van der Waals surface area contributed by atoms with E-state index in [1.807, 2.05) is 6.92 Å². The van der Waals surface area contributed by atoms with Crippen molar-refractivity contribution in [1.29, 1.82) is 0 Å². The Morgan fingerprint density at radius 3 is 2.02 bits per heavy atom. The van der Waals surface area contributed by atoms with E-state index >= 15 is 0 Å². The first-order valence-corrected chi connectivity index (χ1v) is 23.8. The third-order valence-corrected chi connectivity index (χ3v) is 18.4. The van der Waals surface area contributed by atoms with Gasteiger partial charge in [0, 0.05) is 17.3 Å². The first kappa shape index (κ1) is 50.1. The molecule has 0 radical (unpaired) electrons. The third kappa shape index (κ3) is 7.65. The fourth-order valence-electron chi connectivity index (χ4n) is 14.3. The van der Waals surface area contributed by atoms with Crippen molar-refractivity contribution in [3.8, 4) is 0 Å². The number of hydrogen-bond acceptors (Lipinski definition) is 19. The molecular formula is C46H74O19. The van der Waals surface area contributed by atoms with Crippen molar-refractivity contribution < 1.29 is 94.1 Å². The van der Waals surface area contributed by atoms with Crippen molar-refractivity contribution in [2.75, 3.05) is 33.0 Å². The summed E-state index contributed by atoms with van der Waals surface area (Å²) in [4.78, 5) is 12.9. The molecule has 0 unspecified atom stereocenters. The molecule has 8 aliphatic rings. The second-order valence-corrected chi connectivity index (χ2v) is 21.2. The Kier molecular flexibility index (Phi) is 14.2. The van der Waals surface area contributed by atoms with Gasteiger partial charge < -0.3 is 89.3 Å². The minimum atomic E-state index is -1.85. The summed E-state index contributed by atoms with van der Waals surface area (Å²) >= 11 is 0. The van der Waals surface area contributed by atoms with E-state index in [1.54, 1.807) is 0 Å². The lowest BCUT2D eigenvalue weighted by molar-refractivity contribution is -0.365. The van der Waals surface area contributed by atoms with Crippen molar-refractivity contribution in [2.24, 2.45) is 33.5 Å². The highest BCUT2D eigenvalue weighted by atomic mass is 16.8. The molecule has 0 bridgehead atoms. The molecule has 4 aliphatic heterocycles. The fourth-order valence-corrected chi connectivity index (χ4v) is 14.3. The summed E-state index contributed by atoms with van der Waals surface area (Å²) < 4.78 is 42.1. The van der Waals surface area contributed by atoms with Gasteiger partial charge in [-0.2, -0.15) is 0 Å². The number of ketones is 1. The van der Waals surface area contributed by atoms with Crippen LogP contribution in [-0.2, 0) is 38.0 Å². The lowest BCUT2D eigenvalue weighted by Crippen LogP contribution is -2.65. The Bertz CT molecular complexity index is 1740.